The number of thiol groups is 1. The van der Waals surface area contributed by atoms with Gasteiger partial charge in [-0.25, -0.2) is 10.2 Å². The van der Waals surface area contributed by atoms with Crippen LogP contribution in [0.2, 0.25) is 0 Å². The minimum absolute atomic E-state index is 0.761. The Hall–Kier alpha value is -1.99. The lowest BCUT2D eigenvalue weighted by Crippen LogP contribution is -2.40. The lowest BCUT2D eigenvalue weighted by molar-refractivity contribution is 0.308. The zero-order valence-electron chi connectivity index (χ0n) is 11.3. The second kappa shape index (κ2) is 5.18. The fourth-order valence-corrected chi connectivity index (χ4v) is 2.39. The molecule has 0 unspecified atom stereocenters. The molecule has 20 heavy (non-hydrogen) atoms. The summed E-state index contributed by atoms with van der Waals surface area (Å²) < 4.78 is 1.80. The first kappa shape index (κ1) is 13.0. The van der Waals surface area contributed by atoms with Crippen LogP contribution in [0.3, 0.4) is 0 Å². The number of rotatable bonds is 3. The second-order valence-corrected chi connectivity index (χ2v) is 4.96. The number of nitrogens with one attached hydrogen (secondary N) is 2. The molecule has 0 amide bonds. The Labute approximate surface area is 122 Å². The third-order valence-corrected chi connectivity index (χ3v) is 3.61. The molecule has 0 saturated carbocycles. The fraction of sp³-hybridized carbons (Fsp3) is 0.231. The van der Waals surface area contributed by atoms with Gasteiger partial charge in [-0.05, 0) is 26.0 Å². The zero-order valence-corrected chi connectivity index (χ0v) is 12.2. The number of amidine groups is 1. The summed E-state index contributed by atoms with van der Waals surface area (Å²) in [5.74, 6) is 0.788. The number of aromatic nitrogens is 2. The third kappa shape index (κ3) is 2.14. The van der Waals surface area contributed by atoms with Crippen LogP contribution >= 0.6 is 12.6 Å². The molecule has 0 atom stereocenters. The summed E-state index contributed by atoms with van der Waals surface area (Å²) in [5.41, 5.74) is 8.77. The van der Waals surface area contributed by atoms with Crippen molar-refractivity contribution in [3.05, 3.63) is 41.6 Å². The van der Waals surface area contributed by atoms with Crippen molar-refractivity contribution in [3.63, 3.8) is 0 Å². The van der Waals surface area contributed by atoms with Crippen molar-refractivity contribution in [2.24, 2.45) is 5.10 Å². The van der Waals surface area contributed by atoms with Crippen molar-refractivity contribution < 1.29 is 0 Å². The normalized spacial score (nSPS) is 14.3. The van der Waals surface area contributed by atoms with Crippen molar-refractivity contribution in [2.45, 2.75) is 18.9 Å². The Kier molecular flexibility index (Phi) is 3.37. The third-order valence-electron chi connectivity index (χ3n) is 3.18. The molecule has 1 aromatic carbocycles. The first-order valence-electron chi connectivity index (χ1n) is 6.41. The van der Waals surface area contributed by atoms with Crippen molar-refractivity contribution in [2.75, 3.05) is 6.54 Å². The molecule has 2 N–H and O–H groups in total. The molecule has 1 aromatic heterocycles. The topological polar surface area (TPSA) is 57.5 Å². The van der Waals surface area contributed by atoms with Crippen LogP contribution in [-0.2, 0) is 0 Å². The van der Waals surface area contributed by atoms with Crippen molar-refractivity contribution in [1.82, 2.24) is 25.9 Å². The van der Waals surface area contributed by atoms with E-state index in [1.54, 1.807) is 10.9 Å². The molecule has 2 aromatic rings. The average Bonchev–Trinajstić information content (AvgIpc) is 3.06. The molecule has 0 spiro atoms. The number of benzene rings is 1. The zero-order chi connectivity index (χ0) is 14.1. The summed E-state index contributed by atoms with van der Waals surface area (Å²) in [7, 11) is 0. The highest BCUT2D eigenvalue weighted by Crippen LogP contribution is 2.21. The maximum atomic E-state index is 4.59. The molecular formula is C13H16N6S. The van der Waals surface area contributed by atoms with E-state index in [1.165, 1.54) is 5.56 Å². The van der Waals surface area contributed by atoms with E-state index >= 15 is 0 Å². The highest BCUT2D eigenvalue weighted by atomic mass is 32.1. The van der Waals surface area contributed by atoms with Gasteiger partial charge in [0.25, 0.3) is 0 Å². The summed E-state index contributed by atoms with van der Waals surface area (Å²) in [4.78, 5) is 0. The van der Waals surface area contributed by atoms with Crippen molar-refractivity contribution in [1.29, 1.82) is 0 Å². The molecular weight excluding hydrogens is 272 g/mol. The van der Waals surface area contributed by atoms with E-state index in [2.05, 4.69) is 53.0 Å². The van der Waals surface area contributed by atoms with Crippen molar-refractivity contribution >= 4 is 18.5 Å². The van der Waals surface area contributed by atoms with Crippen LogP contribution in [-0.4, -0.2) is 27.2 Å². The minimum atomic E-state index is 0.761. The number of hydrazine groups is 2. The summed E-state index contributed by atoms with van der Waals surface area (Å²) in [6.07, 6.45) is 1.78. The van der Waals surface area contributed by atoms with Crippen molar-refractivity contribution in [3.8, 4) is 5.69 Å². The van der Waals surface area contributed by atoms with Crippen LogP contribution in [0.1, 0.15) is 18.1 Å². The largest absolute Gasteiger partial charge is 0.271 e. The molecule has 0 fully saturated rings. The van der Waals surface area contributed by atoms with E-state index in [4.69, 9.17) is 0 Å². The molecule has 1 aliphatic heterocycles. The molecule has 0 radical (unpaired) electrons. The standard InChI is InChI=1S/C13H16N6S/c1-3-18-12(15-16-17-18)11-8-14-19(13(11)20)10-6-4-9(2)5-7-10/h4-8,16-17,20H,3H2,1-2H3. The van der Waals surface area contributed by atoms with Crippen LogP contribution < -0.4 is 11.1 Å². The fourth-order valence-electron chi connectivity index (χ4n) is 2.06. The molecule has 2 heterocycles. The number of hydrogen-bond acceptors (Lipinski definition) is 6. The molecule has 0 bridgehead atoms. The Morgan fingerprint density at radius 3 is 2.70 bits per heavy atom. The van der Waals surface area contributed by atoms with E-state index in [0.29, 0.717) is 0 Å². The van der Waals surface area contributed by atoms with Gasteiger partial charge in [-0.3, -0.25) is 5.01 Å². The second-order valence-electron chi connectivity index (χ2n) is 4.53. The molecule has 3 rings (SSSR count). The highest BCUT2D eigenvalue weighted by molar-refractivity contribution is 7.80. The summed E-state index contributed by atoms with van der Waals surface area (Å²) >= 11 is 4.59. The van der Waals surface area contributed by atoms with Gasteiger partial charge in [0, 0.05) is 6.54 Å². The van der Waals surface area contributed by atoms with Gasteiger partial charge in [-0.15, -0.1) is 23.3 Å². The van der Waals surface area contributed by atoms with E-state index in [-0.39, 0.29) is 0 Å². The van der Waals surface area contributed by atoms with Crippen LogP contribution in [0.25, 0.3) is 5.69 Å². The Balaban J connectivity index is 1.99. The molecule has 6 nitrogen and oxygen atoms in total. The predicted molar refractivity (Wildman–Crippen MR) is 80.7 cm³/mol. The lowest BCUT2D eigenvalue weighted by atomic mass is 10.2. The van der Waals surface area contributed by atoms with Gasteiger partial charge < -0.3 is 0 Å². The van der Waals surface area contributed by atoms with E-state index in [1.807, 2.05) is 24.1 Å². The summed E-state index contributed by atoms with van der Waals surface area (Å²) in [6, 6.07) is 8.16. The molecule has 1 aliphatic rings. The summed E-state index contributed by atoms with van der Waals surface area (Å²) in [6.45, 7) is 4.89. The van der Waals surface area contributed by atoms with Gasteiger partial charge >= 0.3 is 0 Å². The van der Waals surface area contributed by atoms with Gasteiger partial charge in [-0.1, -0.05) is 17.7 Å². The SMILES string of the molecule is CCN1NNN=C1c1cnn(-c2ccc(C)cc2)c1S. The lowest BCUT2D eigenvalue weighted by Gasteiger charge is -2.15. The van der Waals surface area contributed by atoms with Crippen LogP contribution in [0.4, 0.5) is 0 Å². The molecule has 104 valence electrons. The first-order valence-corrected chi connectivity index (χ1v) is 6.85. The van der Waals surface area contributed by atoms with E-state index in [9.17, 15) is 0 Å². The van der Waals surface area contributed by atoms with Gasteiger partial charge in [0.2, 0.25) is 0 Å². The van der Waals surface area contributed by atoms with Crippen LogP contribution in [0, 0.1) is 6.92 Å². The minimum Gasteiger partial charge on any atom is -0.271 e. The first-order chi connectivity index (χ1) is 9.70. The number of aryl methyl sites for hydroxylation is 1. The van der Waals surface area contributed by atoms with Gasteiger partial charge in [0.05, 0.1) is 17.4 Å². The number of nitrogens with zero attached hydrogens (tertiary/aromatic N) is 4. The van der Waals surface area contributed by atoms with E-state index < -0.39 is 0 Å². The van der Waals surface area contributed by atoms with Gasteiger partial charge in [0.15, 0.2) is 5.84 Å². The number of hydrazone groups is 1. The Bertz CT molecular complexity index is 645. The van der Waals surface area contributed by atoms with Crippen LogP contribution in [0.5, 0.6) is 0 Å². The average molecular weight is 288 g/mol. The maximum Gasteiger partial charge on any atom is 0.177 e. The Morgan fingerprint density at radius 1 is 1.25 bits per heavy atom. The van der Waals surface area contributed by atoms with E-state index in [0.717, 1.165) is 28.7 Å². The number of hydrogen-bond donors (Lipinski definition) is 3. The Morgan fingerprint density at radius 2 is 2.00 bits per heavy atom. The van der Waals surface area contributed by atoms with Crippen LogP contribution in [0.15, 0.2) is 40.6 Å². The van der Waals surface area contributed by atoms with Gasteiger partial charge in [0.1, 0.15) is 5.03 Å². The monoisotopic (exact) mass is 288 g/mol. The highest BCUT2D eigenvalue weighted by Gasteiger charge is 2.22. The quantitative estimate of drug-likeness (QED) is 0.749. The molecule has 0 aliphatic carbocycles. The molecule has 0 saturated heterocycles. The maximum absolute atomic E-state index is 4.59. The van der Waals surface area contributed by atoms with Gasteiger partial charge in [-0.2, -0.15) is 5.10 Å². The smallest absolute Gasteiger partial charge is 0.177 e. The predicted octanol–water partition coefficient (Wildman–Crippen LogP) is 1.48. The summed E-state index contributed by atoms with van der Waals surface area (Å²) in [5, 5.41) is 11.3. The molecule has 7 heteroatoms.